The Balaban J connectivity index is 0. The standard InChI is InChI=1S/C9H11N.2C2H6.V/c1-3-10-9-7-5-4-6-8(9)2;2*1-2;/h4-7,10H,1-2H3;2*1-2H3;. The zero-order valence-corrected chi connectivity index (χ0v) is 12.2. The van der Waals surface area contributed by atoms with Crippen LogP contribution in [0.5, 0.6) is 0 Å². The first-order valence-electron chi connectivity index (χ1n) is 5.55. The molecule has 0 saturated heterocycles. The summed E-state index contributed by atoms with van der Waals surface area (Å²) in [5.74, 6) is 0. The van der Waals surface area contributed by atoms with E-state index in [9.17, 15) is 0 Å². The maximum atomic E-state index is 3.26. The molecule has 0 bridgehead atoms. The zero-order chi connectivity index (χ0) is 12.3. The fourth-order valence-corrected chi connectivity index (χ4v) is 1.10. The van der Waals surface area contributed by atoms with Crippen LogP contribution in [-0.4, -0.2) is 4.35 Å². The molecule has 0 spiro atoms. The van der Waals surface area contributed by atoms with Crippen molar-refractivity contribution in [3.05, 3.63) is 29.8 Å². The van der Waals surface area contributed by atoms with E-state index in [1.807, 2.05) is 46.8 Å². The Hall–Kier alpha value is -0.526. The molecule has 1 nitrogen and oxygen atoms in total. The van der Waals surface area contributed by atoms with Crippen molar-refractivity contribution < 1.29 is 17.0 Å². The zero-order valence-electron chi connectivity index (χ0n) is 10.8. The molecule has 0 aliphatic carbocycles. The molecule has 2 heteroatoms. The van der Waals surface area contributed by atoms with Crippen molar-refractivity contribution >= 4 is 10.0 Å². The van der Waals surface area contributed by atoms with Gasteiger partial charge in [0, 0.05) is 0 Å². The van der Waals surface area contributed by atoms with E-state index in [0.717, 1.165) is 4.35 Å². The van der Waals surface area contributed by atoms with Crippen LogP contribution >= 0.6 is 0 Å². The summed E-state index contributed by atoms with van der Waals surface area (Å²) in [5.41, 5.74) is 2.46. The third-order valence-corrected chi connectivity index (χ3v) is 1.64. The second kappa shape index (κ2) is 11.5. The van der Waals surface area contributed by atoms with Crippen LogP contribution in [0.1, 0.15) is 40.2 Å². The Bertz CT molecular complexity index is 269. The average molecular weight is 244 g/mol. The van der Waals surface area contributed by atoms with Gasteiger partial charge in [-0.05, 0) is 0 Å². The number of para-hydroxylation sites is 1. The Kier molecular flexibility index (Phi) is 13.0. The summed E-state index contributed by atoms with van der Waals surface area (Å²) < 4.78 is 1.16. The molecule has 15 heavy (non-hydrogen) atoms. The molecule has 0 aromatic heterocycles. The van der Waals surface area contributed by atoms with E-state index in [4.69, 9.17) is 0 Å². The number of hydrogen-bond acceptors (Lipinski definition) is 1. The van der Waals surface area contributed by atoms with Gasteiger partial charge in [0.25, 0.3) is 0 Å². The molecule has 0 radical (unpaired) electrons. The molecule has 1 N–H and O–H groups in total. The number of anilines is 1. The predicted molar refractivity (Wildman–Crippen MR) is 68.2 cm³/mol. The fourth-order valence-electron chi connectivity index (χ4n) is 0.908. The first kappa shape index (κ1) is 16.9. The number of benzene rings is 1. The van der Waals surface area contributed by atoms with E-state index in [1.165, 1.54) is 11.3 Å². The van der Waals surface area contributed by atoms with Gasteiger partial charge in [-0.2, -0.15) is 0 Å². The maximum absolute atomic E-state index is 3.26. The predicted octanol–water partition coefficient (Wildman–Crippen LogP) is 4.16. The number of aryl methyl sites for hydroxylation is 1. The molecule has 0 amide bonds. The Labute approximate surface area is 104 Å². The van der Waals surface area contributed by atoms with Gasteiger partial charge >= 0.3 is 76.0 Å². The summed E-state index contributed by atoms with van der Waals surface area (Å²) in [6.45, 7) is 12.1. The number of hydrogen-bond donors (Lipinski definition) is 1. The molecule has 1 aromatic carbocycles. The van der Waals surface area contributed by atoms with Crippen LogP contribution in [0.3, 0.4) is 0 Å². The van der Waals surface area contributed by atoms with Crippen molar-refractivity contribution in [1.82, 2.24) is 0 Å². The van der Waals surface area contributed by atoms with Gasteiger partial charge in [-0.15, -0.1) is 0 Å². The van der Waals surface area contributed by atoms with E-state index in [0.29, 0.717) is 0 Å². The third-order valence-electron chi connectivity index (χ3n) is 1.46. The Morgan fingerprint density at radius 3 is 1.93 bits per heavy atom. The fraction of sp³-hybridized carbons (Fsp3) is 0.462. The van der Waals surface area contributed by atoms with Crippen molar-refractivity contribution in [1.29, 1.82) is 0 Å². The van der Waals surface area contributed by atoms with Gasteiger partial charge in [0.05, 0.1) is 0 Å². The molecule has 0 unspecified atom stereocenters. The van der Waals surface area contributed by atoms with E-state index in [-0.39, 0.29) is 0 Å². The van der Waals surface area contributed by atoms with Gasteiger partial charge in [-0.25, -0.2) is 0 Å². The quantitative estimate of drug-likeness (QED) is 0.823. The molecule has 85 valence electrons. The molecule has 0 fully saturated rings. The van der Waals surface area contributed by atoms with Gasteiger partial charge in [0.15, 0.2) is 0 Å². The van der Waals surface area contributed by atoms with E-state index < -0.39 is 0 Å². The van der Waals surface area contributed by atoms with Crippen LogP contribution in [0.4, 0.5) is 5.69 Å². The van der Waals surface area contributed by atoms with Gasteiger partial charge < -0.3 is 0 Å². The van der Waals surface area contributed by atoms with Gasteiger partial charge in [0.2, 0.25) is 0 Å². The SMILES string of the molecule is CC.CC.C[C](=[V])Nc1ccccc1C. The molecular formula is C13H23NV. The van der Waals surface area contributed by atoms with E-state index in [1.54, 1.807) is 0 Å². The van der Waals surface area contributed by atoms with Crippen LogP contribution in [0, 0.1) is 6.92 Å². The average Bonchev–Trinajstić information content (AvgIpc) is 2.27. The van der Waals surface area contributed by atoms with Gasteiger partial charge in [-0.3, -0.25) is 0 Å². The van der Waals surface area contributed by atoms with Crippen molar-refractivity contribution in [2.75, 3.05) is 5.32 Å². The molecule has 0 heterocycles. The monoisotopic (exact) mass is 244 g/mol. The summed E-state index contributed by atoms with van der Waals surface area (Å²) in [5, 5.41) is 3.26. The Morgan fingerprint density at radius 2 is 1.53 bits per heavy atom. The summed E-state index contributed by atoms with van der Waals surface area (Å²) >= 11 is 2.49. The van der Waals surface area contributed by atoms with Crippen molar-refractivity contribution in [2.45, 2.75) is 41.5 Å². The topological polar surface area (TPSA) is 12.0 Å². The minimum atomic E-state index is 1.16. The van der Waals surface area contributed by atoms with Crippen LogP contribution in [-0.2, 0) is 17.0 Å². The van der Waals surface area contributed by atoms with Gasteiger partial charge in [-0.1, -0.05) is 27.7 Å². The summed E-state index contributed by atoms with van der Waals surface area (Å²) in [4.78, 5) is 0. The van der Waals surface area contributed by atoms with E-state index in [2.05, 4.69) is 41.4 Å². The summed E-state index contributed by atoms with van der Waals surface area (Å²) in [6.07, 6.45) is 0. The van der Waals surface area contributed by atoms with Crippen LogP contribution in [0.2, 0.25) is 0 Å². The molecule has 1 aromatic rings. The minimum absolute atomic E-state index is 1.16. The van der Waals surface area contributed by atoms with Crippen molar-refractivity contribution in [3.63, 3.8) is 0 Å². The van der Waals surface area contributed by atoms with Crippen LogP contribution < -0.4 is 5.32 Å². The van der Waals surface area contributed by atoms with Crippen molar-refractivity contribution in [2.24, 2.45) is 0 Å². The number of nitrogens with one attached hydrogen (secondary N) is 1. The second-order valence-electron chi connectivity index (χ2n) is 2.53. The third kappa shape index (κ3) is 8.47. The molecule has 1 rings (SSSR count). The molecular weight excluding hydrogens is 221 g/mol. The van der Waals surface area contributed by atoms with Crippen molar-refractivity contribution in [3.8, 4) is 0 Å². The molecule has 0 atom stereocenters. The van der Waals surface area contributed by atoms with Crippen LogP contribution in [0.15, 0.2) is 24.3 Å². The Morgan fingerprint density at radius 1 is 1.07 bits per heavy atom. The van der Waals surface area contributed by atoms with Crippen LogP contribution in [0.25, 0.3) is 0 Å². The molecule has 0 saturated carbocycles. The molecule has 0 aliphatic heterocycles. The first-order valence-corrected chi connectivity index (χ1v) is 6.25. The summed E-state index contributed by atoms with van der Waals surface area (Å²) in [7, 11) is 0. The van der Waals surface area contributed by atoms with E-state index >= 15 is 0 Å². The first-order chi connectivity index (χ1) is 7.20. The number of rotatable bonds is 2. The van der Waals surface area contributed by atoms with Gasteiger partial charge in [0.1, 0.15) is 0 Å². The summed E-state index contributed by atoms with van der Waals surface area (Å²) in [6, 6.07) is 8.25. The molecule has 0 aliphatic rings. The second-order valence-corrected chi connectivity index (χ2v) is 3.57. The normalized spacial score (nSPS) is 7.53.